The van der Waals surface area contributed by atoms with Crippen LogP contribution in [-0.2, 0) is 4.79 Å². The minimum Gasteiger partial charge on any atom is -0.376 e. The molecule has 0 aliphatic heterocycles. The Bertz CT molecular complexity index is 781. The first-order valence-corrected chi connectivity index (χ1v) is 7.58. The third-order valence-electron chi connectivity index (χ3n) is 3.25. The molecule has 2 N–H and O–H groups in total. The van der Waals surface area contributed by atoms with E-state index in [0.29, 0.717) is 0 Å². The molecule has 0 heterocycles. The van der Waals surface area contributed by atoms with Gasteiger partial charge in [0.05, 0.1) is 11.5 Å². The number of aryl methyl sites for hydroxylation is 1. The van der Waals surface area contributed by atoms with Crippen LogP contribution in [0.15, 0.2) is 59.7 Å². The van der Waals surface area contributed by atoms with E-state index in [4.69, 9.17) is 0 Å². The number of hydrazone groups is 1. The summed E-state index contributed by atoms with van der Waals surface area (Å²) in [5.74, 6) is -0.263. The smallest absolute Gasteiger partial charge is 0.269 e. The van der Waals surface area contributed by atoms with E-state index < -0.39 is 4.92 Å². The van der Waals surface area contributed by atoms with Crippen molar-refractivity contribution in [1.82, 2.24) is 5.43 Å². The largest absolute Gasteiger partial charge is 0.376 e. The Kier molecular flexibility index (Phi) is 6.41. The Labute approximate surface area is 145 Å². The van der Waals surface area contributed by atoms with Crippen molar-refractivity contribution in [3.63, 3.8) is 0 Å². The fourth-order valence-corrected chi connectivity index (χ4v) is 1.91. The zero-order chi connectivity index (χ0) is 18.1. The van der Waals surface area contributed by atoms with Crippen LogP contribution >= 0.6 is 0 Å². The molecule has 0 atom stereocenters. The number of hydrogen-bond acceptors (Lipinski definition) is 5. The molecule has 2 aromatic carbocycles. The standard InChI is InChI=1S/C18H18N4O3/c1-14-4-8-16(9-5-14)19-13-18(23)21-20-12-2-3-15-6-10-17(11-7-15)22(24)25/h2-12,19H,13H2,1H3,(H,21,23)/b3-2+,20-12+. The fraction of sp³-hybridized carbons (Fsp3) is 0.111. The van der Waals surface area contributed by atoms with Crippen molar-refractivity contribution >= 4 is 29.6 Å². The van der Waals surface area contributed by atoms with Crippen LogP contribution in [0.25, 0.3) is 6.08 Å². The average molecular weight is 338 g/mol. The van der Waals surface area contributed by atoms with Gasteiger partial charge in [-0.1, -0.05) is 23.8 Å². The number of benzene rings is 2. The van der Waals surface area contributed by atoms with Crippen molar-refractivity contribution in [2.45, 2.75) is 6.92 Å². The van der Waals surface area contributed by atoms with E-state index in [0.717, 1.165) is 16.8 Å². The summed E-state index contributed by atoms with van der Waals surface area (Å²) in [5.41, 5.74) is 5.25. The van der Waals surface area contributed by atoms with Gasteiger partial charge in [-0.2, -0.15) is 5.10 Å². The summed E-state index contributed by atoms with van der Waals surface area (Å²) in [7, 11) is 0. The van der Waals surface area contributed by atoms with Gasteiger partial charge < -0.3 is 5.32 Å². The number of nitrogens with zero attached hydrogens (tertiary/aromatic N) is 2. The van der Waals surface area contributed by atoms with Crippen molar-refractivity contribution < 1.29 is 9.72 Å². The predicted octanol–water partition coefficient (Wildman–Crippen LogP) is 3.13. The van der Waals surface area contributed by atoms with Crippen LogP contribution in [0, 0.1) is 17.0 Å². The summed E-state index contributed by atoms with van der Waals surface area (Å²) in [6.07, 6.45) is 4.80. The molecule has 2 aromatic rings. The summed E-state index contributed by atoms with van der Waals surface area (Å²) in [5, 5.41) is 17.3. The molecular formula is C18H18N4O3. The first kappa shape index (κ1) is 17.9. The summed E-state index contributed by atoms with van der Waals surface area (Å²) in [6, 6.07) is 13.8. The minimum absolute atomic E-state index is 0.0409. The second-order valence-electron chi connectivity index (χ2n) is 5.24. The van der Waals surface area contributed by atoms with E-state index >= 15 is 0 Å². The fourth-order valence-electron chi connectivity index (χ4n) is 1.91. The molecule has 2 rings (SSSR count). The second kappa shape index (κ2) is 8.97. The topological polar surface area (TPSA) is 96.6 Å². The average Bonchev–Trinajstić information content (AvgIpc) is 2.61. The first-order chi connectivity index (χ1) is 12.0. The Hall–Kier alpha value is -3.48. The number of nitro groups is 1. The number of amides is 1. The highest BCUT2D eigenvalue weighted by Crippen LogP contribution is 2.12. The van der Waals surface area contributed by atoms with E-state index in [1.165, 1.54) is 18.3 Å². The number of rotatable bonds is 7. The molecule has 0 radical (unpaired) electrons. The van der Waals surface area contributed by atoms with Crippen LogP contribution < -0.4 is 10.7 Å². The van der Waals surface area contributed by atoms with Crippen molar-refractivity contribution in [2.24, 2.45) is 5.10 Å². The molecule has 128 valence electrons. The highest BCUT2D eigenvalue weighted by molar-refractivity contribution is 5.83. The second-order valence-corrected chi connectivity index (χ2v) is 5.24. The number of carbonyl (C=O) groups is 1. The number of hydrogen-bond donors (Lipinski definition) is 2. The van der Waals surface area contributed by atoms with Gasteiger partial charge in [-0.25, -0.2) is 5.43 Å². The minimum atomic E-state index is -0.449. The zero-order valence-electron chi connectivity index (χ0n) is 13.7. The monoisotopic (exact) mass is 338 g/mol. The van der Waals surface area contributed by atoms with E-state index in [9.17, 15) is 14.9 Å². The lowest BCUT2D eigenvalue weighted by atomic mass is 10.2. The molecule has 7 heteroatoms. The molecule has 0 aliphatic rings. The number of nitro benzene ring substituents is 1. The van der Waals surface area contributed by atoms with Crippen molar-refractivity contribution in [3.05, 3.63) is 75.8 Å². The molecule has 7 nitrogen and oxygen atoms in total. The molecule has 0 bridgehead atoms. The van der Waals surface area contributed by atoms with Crippen LogP contribution in [0.2, 0.25) is 0 Å². The number of anilines is 1. The zero-order valence-corrected chi connectivity index (χ0v) is 13.7. The number of non-ortho nitro benzene ring substituents is 1. The Balaban J connectivity index is 1.73. The van der Waals surface area contributed by atoms with E-state index in [1.54, 1.807) is 24.3 Å². The van der Waals surface area contributed by atoms with Gasteiger partial charge in [0.1, 0.15) is 0 Å². The van der Waals surface area contributed by atoms with Gasteiger partial charge in [-0.3, -0.25) is 14.9 Å². The molecule has 0 fully saturated rings. The number of nitrogens with one attached hydrogen (secondary N) is 2. The predicted molar refractivity (Wildman–Crippen MR) is 98.4 cm³/mol. The lowest BCUT2D eigenvalue weighted by molar-refractivity contribution is -0.384. The molecule has 0 saturated heterocycles. The molecular weight excluding hydrogens is 320 g/mol. The maximum absolute atomic E-state index is 11.6. The maximum atomic E-state index is 11.6. The SMILES string of the molecule is Cc1ccc(NCC(=O)N/N=C/C=C/c2ccc([N+](=O)[O-])cc2)cc1. The normalized spacial score (nSPS) is 10.9. The van der Waals surface area contributed by atoms with Crippen molar-refractivity contribution in [3.8, 4) is 0 Å². The summed E-state index contributed by atoms with van der Waals surface area (Å²) < 4.78 is 0. The molecule has 0 spiro atoms. The highest BCUT2D eigenvalue weighted by Gasteiger charge is 2.02. The van der Waals surface area contributed by atoms with Gasteiger partial charge in [0.25, 0.3) is 11.6 Å². The van der Waals surface area contributed by atoms with Crippen LogP contribution in [0.4, 0.5) is 11.4 Å². The van der Waals surface area contributed by atoms with Gasteiger partial charge in [0.15, 0.2) is 0 Å². The molecule has 0 aliphatic carbocycles. The van der Waals surface area contributed by atoms with Gasteiger partial charge in [-0.15, -0.1) is 0 Å². The third-order valence-corrected chi connectivity index (χ3v) is 3.25. The Morgan fingerprint density at radius 2 is 1.84 bits per heavy atom. The van der Waals surface area contributed by atoms with Crippen molar-refractivity contribution in [1.29, 1.82) is 0 Å². The first-order valence-electron chi connectivity index (χ1n) is 7.58. The number of allylic oxidation sites excluding steroid dienone is 1. The molecule has 0 saturated carbocycles. The van der Waals surface area contributed by atoms with Gasteiger partial charge in [-0.05, 0) is 42.8 Å². The van der Waals surface area contributed by atoms with Crippen molar-refractivity contribution in [2.75, 3.05) is 11.9 Å². The summed E-state index contributed by atoms with van der Waals surface area (Å²) in [4.78, 5) is 21.7. The van der Waals surface area contributed by atoms with Gasteiger partial charge in [0.2, 0.25) is 0 Å². The van der Waals surface area contributed by atoms with Gasteiger partial charge >= 0.3 is 0 Å². The molecule has 0 aromatic heterocycles. The van der Waals surface area contributed by atoms with Crippen LogP contribution in [0.1, 0.15) is 11.1 Å². The molecule has 1 amide bonds. The summed E-state index contributed by atoms with van der Waals surface area (Å²) in [6.45, 7) is 2.11. The third kappa shape index (κ3) is 6.26. The Morgan fingerprint density at radius 1 is 1.16 bits per heavy atom. The van der Waals surface area contributed by atoms with E-state index in [-0.39, 0.29) is 18.1 Å². The Morgan fingerprint density at radius 3 is 2.48 bits per heavy atom. The quantitative estimate of drug-likeness (QED) is 0.460. The van der Waals surface area contributed by atoms with Crippen LogP contribution in [-0.4, -0.2) is 23.6 Å². The van der Waals surface area contributed by atoms with Gasteiger partial charge in [0, 0.05) is 24.0 Å². The number of carbonyl (C=O) groups excluding carboxylic acids is 1. The lowest BCUT2D eigenvalue weighted by Crippen LogP contribution is -2.25. The maximum Gasteiger partial charge on any atom is 0.269 e. The van der Waals surface area contributed by atoms with Crippen LogP contribution in [0.5, 0.6) is 0 Å². The van der Waals surface area contributed by atoms with Crippen LogP contribution in [0.3, 0.4) is 0 Å². The van der Waals surface area contributed by atoms with E-state index in [1.807, 2.05) is 31.2 Å². The lowest BCUT2D eigenvalue weighted by Gasteiger charge is -2.05. The molecule has 25 heavy (non-hydrogen) atoms. The highest BCUT2D eigenvalue weighted by atomic mass is 16.6. The van der Waals surface area contributed by atoms with E-state index in [2.05, 4.69) is 15.8 Å². The summed E-state index contributed by atoms with van der Waals surface area (Å²) >= 11 is 0. The molecule has 0 unspecified atom stereocenters.